The van der Waals surface area contributed by atoms with Crippen LogP contribution in [0.25, 0.3) is 0 Å². The lowest BCUT2D eigenvalue weighted by molar-refractivity contribution is -0.138. The molecule has 1 saturated heterocycles. The van der Waals surface area contributed by atoms with E-state index in [0.717, 1.165) is 10.6 Å². The van der Waals surface area contributed by atoms with E-state index in [9.17, 15) is 9.59 Å². The van der Waals surface area contributed by atoms with Crippen LogP contribution in [0.2, 0.25) is 4.34 Å². The Morgan fingerprint density at radius 1 is 1.36 bits per heavy atom. The Bertz CT molecular complexity index is 735. The molecule has 0 spiro atoms. The van der Waals surface area contributed by atoms with Crippen LogP contribution in [0.4, 0.5) is 0 Å². The maximum Gasteiger partial charge on any atom is 0.225 e. The molecule has 2 amide bonds. The minimum atomic E-state index is -0.156. The molecule has 0 bridgehead atoms. The molecule has 132 valence electrons. The van der Waals surface area contributed by atoms with Crippen molar-refractivity contribution in [2.75, 3.05) is 13.1 Å². The first-order valence-electron chi connectivity index (χ1n) is 8.31. The van der Waals surface area contributed by atoms with Gasteiger partial charge in [-0.2, -0.15) is 0 Å². The van der Waals surface area contributed by atoms with Crippen LogP contribution >= 0.6 is 22.9 Å². The second kappa shape index (κ2) is 8.45. The van der Waals surface area contributed by atoms with Crippen molar-refractivity contribution in [3.63, 3.8) is 0 Å². The SMILES string of the molecule is O=C(NCc1ccc(Cl)s1)[C@@H]1CCC(=O)N(CCc2ccccn2)C1. The number of nitrogens with zero attached hydrogens (tertiary/aromatic N) is 2. The van der Waals surface area contributed by atoms with Crippen LogP contribution < -0.4 is 5.32 Å². The fourth-order valence-corrected chi connectivity index (χ4v) is 3.93. The number of carbonyl (C=O) groups is 2. The first-order valence-corrected chi connectivity index (χ1v) is 9.51. The van der Waals surface area contributed by atoms with Gasteiger partial charge in [-0.25, -0.2) is 0 Å². The molecule has 1 atom stereocenters. The molecule has 3 heterocycles. The number of piperidine rings is 1. The van der Waals surface area contributed by atoms with E-state index in [0.29, 0.717) is 43.2 Å². The number of halogens is 1. The molecule has 2 aromatic rings. The van der Waals surface area contributed by atoms with Gasteiger partial charge in [-0.05, 0) is 30.7 Å². The highest BCUT2D eigenvalue weighted by molar-refractivity contribution is 7.16. The van der Waals surface area contributed by atoms with Crippen LogP contribution in [-0.2, 0) is 22.6 Å². The first-order chi connectivity index (χ1) is 12.1. The molecule has 0 aliphatic carbocycles. The molecule has 1 fully saturated rings. The summed E-state index contributed by atoms with van der Waals surface area (Å²) in [4.78, 5) is 31.6. The number of hydrogen-bond donors (Lipinski definition) is 1. The number of likely N-dealkylation sites (tertiary alicyclic amines) is 1. The van der Waals surface area contributed by atoms with Crippen LogP contribution in [0.1, 0.15) is 23.4 Å². The standard InChI is InChI=1S/C18H20ClN3O2S/c19-16-6-5-15(25-16)11-21-18(24)13-4-7-17(23)22(12-13)10-8-14-3-1-2-9-20-14/h1-3,5-6,9,13H,4,7-8,10-12H2,(H,21,24)/t13-/m1/s1. The van der Waals surface area contributed by atoms with Gasteiger partial charge in [-0.1, -0.05) is 17.7 Å². The minimum absolute atomic E-state index is 0.000131. The van der Waals surface area contributed by atoms with Gasteiger partial charge in [0.2, 0.25) is 11.8 Å². The minimum Gasteiger partial charge on any atom is -0.351 e. The average molecular weight is 378 g/mol. The largest absolute Gasteiger partial charge is 0.351 e. The van der Waals surface area contributed by atoms with Crippen molar-refractivity contribution in [3.05, 3.63) is 51.4 Å². The lowest BCUT2D eigenvalue weighted by atomic mass is 9.96. The normalized spacial score (nSPS) is 17.6. The molecule has 3 rings (SSSR count). The topological polar surface area (TPSA) is 62.3 Å². The summed E-state index contributed by atoms with van der Waals surface area (Å²) in [5.41, 5.74) is 0.955. The van der Waals surface area contributed by atoms with Gasteiger partial charge in [-0.3, -0.25) is 14.6 Å². The Labute approximate surface area is 156 Å². The van der Waals surface area contributed by atoms with Crippen molar-refractivity contribution in [1.29, 1.82) is 0 Å². The third-order valence-electron chi connectivity index (χ3n) is 4.30. The van der Waals surface area contributed by atoms with Crippen molar-refractivity contribution in [3.8, 4) is 0 Å². The summed E-state index contributed by atoms with van der Waals surface area (Å²) in [6, 6.07) is 9.50. The van der Waals surface area contributed by atoms with Crippen molar-refractivity contribution in [2.24, 2.45) is 5.92 Å². The fraction of sp³-hybridized carbons (Fsp3) is 0.389. The summed E-state index contributed by atoms with van der Waals surface area (Å²) < 4.78 is 0.716. The van der Waals surface area contributed by atoms with Gasteiger partial charge in [0.1, 0.15) is 0 Å². The molecule has 0 saturated carbocycles. The van der Waals surface area contributed by atoms with Gasteiger partial charge in [0.15, 0.2) is 0 Å². The molecule has 0 unspecified atom stereocenters. The molecular formula is C18H20ClN3O2S. The Kier molecular flexibility index (Phi) is 6.04. The number of amides is 2. The molecule has 1 aliphatic heterocycles. The summed E-state index contributed by atoms with van der Waals surface area (Å²) in [5, 5.41) is 2.95. The average Bonchev–Trinajstić information content (AvgIpc) is 3.05. The predicted octanol–water partition coefficient (Wildman–Crippen LogP) is 2.89. The van der Waals surface area contributed by atoms with E-state index in [1.165, 1.54) is 11.3 Å². The number of carbonyl (C=O) groups excluding carboxylic acids is 2. The van der Waals surface area contributed by atoms with E-state index in [1.54, 1.807) is 11.1 Å². The highest BCUT2D eigenvalue weighted by atomic mass is 35.5. The smallest absolute Gasteiger partial charge is 0.225 e. The molecule has 2 aromatic heterocycles. The molecule has 5 nitrogen and oxygen atoms in total. The lowest BCUT2D eigenvalue weighted by Crippen LogP contribution is -2.46. The zero-order valence-corrected chi connectivity index (χ0v) is 15.4. The lowest BCUT2D eigenvalue weighted by Gasteiger charge is -2.31. The van der Waals surface area contributed by atoms with E-state index in [4.69, 9.17) is 11.6 Å². The zero-order valence-electron chi connectivity index (χ0n) is 13.8. The van der Waals surface area contributed by atoms with Crippen LogP contribution in [0.15, 0.2) is 36.5 Å². The highest BCUT2D eigenvalue weighted by Gasteiger charge is 2.29. The number of nitrogens with one attached hydrogen (secondary N) is 1. The van der Waals surface area contributed by atoms with Crippen LogP contribution in [0.3, 0.4) is 0 Å². The Morgan fingerprint density at radius 2 is 2.24 bits per heavy atom. The Balaban J connectivity index is 1.50. The molecular weight excluding hydrogens is 358 g/mol. The summed E-state index contributed by atoms with van der Waals surface area (Å²) in [6.45, 7) is 1.55. The maximum atomic E-state index is 12.4. The molecule has 1 N–H and O–H groups in total. The van der Waals surface area contributed by atoms with E-state index in [2.05, 4.69) is 10.3 Å². The van der Waals surface area contributed by atoms with Crippen molar-refractivity contribution in [1.82, 2.24) is 15.2 Å². The predicted molar refractivity (Wildman–Crippen MR) is 98.4 cm³/mol. The van der Waals surface area contributed by atoms with E-state index in [-0.39, 0.29) is 17.7 Å². The van der Waals surface area contributed by atoms with Gasteiger partial charge in [0.05, 0.1) is 16.8 Å². The van der Waals surface area contributed by atoms with Gasteiger partial charge in [0.25, 0.3) is 0 Å². The van der Waals surface area contributed by atoms with E-state index in [1.807, 2.05) is 30.3 Å². The number of aromatic nitrogens is 1. The third kappa shape index (κ3) is 5.03. The summed E-state index contributed by atoms with van der Waals surface area (Å²) >= 11 is 7.36. The Hall–Kier alpha value is -1.92. The highest BCUT2D eigenvalue weighted by Crippen LogP contribution is 2.22. The van der Waals surface area contributed by atoms with Crippen LogP contribution in [0.5, 0.6) is 0 Å². The van der Waals surface area contributed by atoms with Gasteiger partial charge < -0.3 is 10.2 Å². The monoisotopic (exact) mass is 377 g/mol. The second-order valence-corrected chi connectivity index (χ2v) is 7.87. The molecule has 7 heteroatoms. The molecule has 0 aromatic carbocycles. The summed E-state index contributed by atoms with van der Waals surface area (Å²) in [7, 11) is 0. The van der Waals surface area contributed by atoms with Crippen molar-refractivity contribution < 1.29 is 9.59 Å². The first kappa shape index (κ1) is 17.9. The number of hydrogen-bond acceptors (Lipinski definition) is 4. The fourth-order valence-electron chi connectivity index (χ4n) is 2.91. The van der Waals surface area contributed by atoms with Gasteiger partial charge in [-0.15, -0.1) is 11.3 Å². The number of pyridine rings is 1. The maximum absolute atomic E-state index is 12.4. The van der Waals surface area contributed by atoms with E-state index >= 15 is 0 Å². The van der Waals surface area contributed by atoms with Gasteiger partial charge in [0, 0.05) is 42.7 Å². The van der Waals surface area contributed by atoms with Crippen molar-refractivity contribution >= 4 is 34.8 Å². The summed E-state index contributed by atoms with van der Waals surface area (Å²) in [6.07, 6.45) is 3.48. The van der Waals surface area contributed by atoms with Crippen molar-refractivity contribution in [2.45, 2.75) is 25.8 Å². The molecule has 0 radical (unpaired) electrons. The Morgan fingerprint density at radius 3 is 2.96 bits per heavy atom. The zero-order chi connectivity index (χ0) is 17.6. The number of rotatable bonds is 6. The van der Waals surface area contributed by atoms with Gasteiger partial charge >= 0.3 is 0 Å². The van der Waals surface area contributed by atoms with Crippen LogP contribution in [0, 0.1) is 5.92 Å². The molecule has 1 aliphatic rings. The van der Waals surface area contributed by atoms with E-state index < -0.39 is 0 Å². The summed E-state index contributed by atoms with van der Waals surface area (Å²) in [5.74, 6) is -0.0401. The molecule has 25 heavy (non-hydrogen) atoms. The number of thiophene rings is 1. The quantitative estimate of drug-likeness (QED) is 0.841. The third-order valence-corrected chi connectivity index (χ3v) is 5.53. The van der Waals surface area contributed by atoms with Crippen LogP contribution in [-0.4, -0.2) is 34.8 Å². The second-order valence-electron chi connectivity index (χ2n) is 6.07.